The number of rotatable bonds is 3. The molecule has 1 saturated heterocycles. The molecule has 0 aliphatic carbocycles. The van der Waals surface area contributed by atoms with Crippen molar-refractivity contribution < 1.29 is 9.13 Å². The normalized spacial score (nSPS) is 14.7. The van der Waals surface area contributed by atoms with Crippen LogP contribution in [-0.2, 0) is 0 Å². The Hall–Kier alpha value is -2.62. The van der Waals surface area contributed by atoms with Crippen molar-refractivity contribution in [2.45, 2.75) is 19.3 Å². The van der Waals surface area contributed by atoms with E-state index in [9.17, 15) is 4.39 Å². The van der Waals surface area contributed by atoms with Crippen LogP contribution in [0.1, 0.15) is 19.3 Å². The fraction of sp³-hybridized carbons (Fsp3) is 0.286. The molecule has 2 heterocycles. The SMILES string of the molecule is COc1ccc2ncc(-c3ccc(F)cc3)c(N3CCCCC3)c2c1. The van der Waals surface area contributed by atoms with Crippen LogP contribution in [0.4, 0.5) is 10.1 Å². The van der Waals surface area contributed by atoms with Crippen LogP contribution in [0.2, 0.25) is 0 Å². The predicted octanol–water partition coefficient (Wildman–Crippen LogP) is 5.04. The minimum absolute atomic E-state index is 0.223. The Morgan fingerprint density at radius 1 is 1.00 bits per heavy atom. The Balaban J connectivity index is 1.95. The average molecular weight is 336 g/mol. The maximum absolute atomic E-state index is 13.4. The molecule has 1 aliphatic heterocycles. The number of benzene rings is 2. The molecule has 0 N–H and O–H groups in total. The molecule has 1 fully saturated rings. The molecule has 3 aromatic rings. The van der Waals surface area contributed by atoms with Gasteiger partial charge in [-0.15, -0.1) is 0 Å². The van der Waals surface area contributed by atoms with Gasteiger partial charge in [0.05, 0.1) is 18.3 Å². The Morgan fingerprint density at radius 3 is 2.48 bits per heavy atom. The van der Waals surface area contributed by atoms with Crippen LogP contribution in [-0.4, -0.2) is 25.2 Å². The lowest BCUT2D eigenvalue weighted by atomic mass is 9.99. The number of anilines is 1. The number of aromatic nitrogens is 1. The van der Waals surface area contributed by atoms with Crippen LogP contribution >= 0.6 is 0 Å². The lowest BCUT2D eigenvalue weighted by Gasteiger charge is -2.31. The zero-order valence-corrected chi connectivity index (χ0v) is 14.3. The molecular formula is C21H21FN2O. The number of ether oxygens (including phenoxy) is 1. The van der Waals surface area contributed by atoms with Crippen molar-refractivity contribution in [3.8, 4) is 16.9 Å². The van der Waals surface area contributed by atoms with E-state index in [4.69, 9.17) is 4.74 Å². The van der Waals surface area contributed by atoms with E-state index in [2.05, 4.69) is 16.0 Å². The zero-order chi connectivity index (χ0) is 17.2. The van der Waals surface area contributed by atoms with Gasteiger partial charge in [-0.1, -0.05) is 12.1 Å². The summed E-state index contributed by atoms with van der Waals surface area (Å²) in [5.41, 5.74) is 4.16. The van der Waals surface area contributed by atoms with Gasteiger partial charge in [0, 0.05) is 30.2 Å². The number of piperidine rings is 1. The van der Waals surface area contributed by atoms with Gasteiger partial charge in [0.2, 0.25) is 0 Å². The van der Waals surface area contributed by atoms with Crippen LogP contribution in [0.3, 0.4) is 0 Å². The maximum Gasteiger partial charge on any atom is 0.123 e. The molecule has 0 saturated carbocycles. The van der Waals surface area contributed by atoms with Gasteiger partial charge in [-0.2, -0.15) is 0 Å². The van der Waals surface area contributed by atoms with E-state index in [1.54, 1.807) is 7.11 Å². The fourth-order valence-electron chi connectivity index (χ4n) is 3.58. The number of halogens is 1. The van der Waals surface area contributed by atoms with Crippen molar-refractivity contribution in [1.82, 2.24) is 4.98 Å². The van der Waals surface area contributed by atoms with Crippen molar-refractivity contribution in [2.75, 3.05) is 25.1 Å². The molecule has 4 rings (SSSR count). The molecule has 3 nitrogen and oxygen atoms in total. The van der Waals surface area contributed by atoms with Gasteiger partial charge in [0.15, 0.2) is 0 Å². The Kier molecular flexibility index (Phi) is 4.26. The molecule has 0 radical (unpaired) electrons. The number of hydrogen-bond acceptors (Lipinski definition) is 3. The molecule has 0 atom stereocenters. The number of pyridine rings is 1. The van der Waals surface area contributed by atoms with Gasteiger partial charge in [-0.05, 0) is 55.2 Å². The van der Waals surface area contributed by atoms with E-state index < -0.39 is 0 Å². The second-order valence-corrected chi connectivity index (χ2v) is 6.46. The third-order valence-corrected chi connectivity index (χ3v) is 4.87. The molecule has 0 amide bonds. The monoisotopic (exact) mass is 336 g/mol. The molecule has 0 bridgehead atoms. The predicted molar refractivity (Wildman–Crippen MR) is 99.8 cm³/mol. The maximum atomic E-state index is 13.4. The van der Waals surface area contributed by atoms with Crippen LogP contribution in [0.5, 0.6) is 5.75 Å². The minimum atomic E-state index is -0.223. The average Bonchev–Trinajstić information content (AvgIpc) is 2.68. The molecule has 1 aliphatic rings. The van der Waals surface area contributed by atoms with Gasteiger partial charge < -0.3 is 9.64 Å². The molecule has 4 heteroatoms. The highest BCUT2D eigenvalue weighted by molar-refractivity contribution is 6.00. The van der Waals surface area contributed by atoms with Gasteiger partial charge in [-0.3, -0.25) is 4.98 Å². The lowest BCUT2D eigenvalue weighted by Crippen LogP contribution is -2.30. The summed E-state index contributed by atoms with van der Waals surface area (Å²) in [6.45, 7) is 2.06. The van der Waals surface area contributed by atoms with Gasteiger partial charge >= 0.3 is 0 Å². The van der Waals surface area contributed by atoms with Crippen LogP contribution in [0, 0.1) is 5.82 Å². The third kappa shape index (κ3) is 3.04. The molecule has 25 heavy (non-hydrogen) atoms. The first-order valence-corrected chi connectivity index (χ1v) is 8.74. The van der Waals surface area contributed by atoms with Gasteiger partial charge in [0.25, 0.3) is 0 Å². The van der Waals surface area contributed by atoms with Gasteiger partial charge in [-0.25, -0.2) is 4.39 Å². The first kappa shape index (κ1) is 15.9. The number of methoxy groups -OCH3 is 1. The zero-order valence-electron chi connectivity index (χ0n) is 14.3. The largest absolute Gasteiger partial charge is 0.497 e. The minimum Gasteiger partial charge on any atom is -0.497 e. The topological polar surface area (TPSA) is 25.4 Å². The summed E-state index contributed by atoms with van der Waals surface area (Å²) in [4.78, 5) is 7.07. The Bertz CT molecular complexity index is 886. The highest BCUT2D eigenvalue weighted by atomic mass is 19.1. The van der Waals surface area contributed by atoms with Crippen LogP contribution in [0.15, 0.2) is 48.7 Å². The number of hydrogen-bond donors (Lipinski definition) is 0. The summed E-state index contributed by atoms with van der Waals surface area (Å²) in [6, 6.07) is 12.6. The van der Waals surface area contributed by atoms with Crippen LogP contribution in [0.25, 0.3) is 22.0 Å². The first-order chi connectivity index (χ1) is 12.3. The molecule has 1 aromatic heterocycles. The molecule has 0 spiro atoms. The highest BCUT2D eigenvalue weighted by Gasteiger charge is 2.19. The summed E-state index contributed by atoms with van der Waals surface area (Å²) in [6.07, 6.45) is 5.56. The van der Waals surface area contributed by atoms with E-state index in [0.29, 0.717) is 0 Å². The number of nitrogens with zero attached hydrogens (tertiary/aromatic N) is 2. The second-order valence-electron chi connectivity index (χ2n) is 6.46. The summed E-state index contributed by atoms with van der Waals surface area (Å²) < 4.78 is 18.8. The summed E-state index contributed by atoms with van der Waals surface area (Å²) in [5, 5.41) is 1.09. The highest BCUT2D eigenvalue weighted by Crippen LogP contribution is 2.39. The van der Waals surface area contributed by atoms with E-state index in [-0.39, 0.29) is 5.82 Å². The molecule has 128 valence electrons. The Labute approximate surface area is 147 Å². The van der Waals surface area contributed by atoms with E-state index in [1.165, 1.54) is 37.1 Å². The standard InChI is InChI=1S/C21H21FN2O/c1-25-17-9-10-20-18(13-17)21(24-11-3-2-4-12-24)19(14-23-20)15-5-7-16(22)8-6-15/h5-10,13-14H,2-4,11-12H2,1H3. The third-order valence-electron chi connectivity index (χ3n) is 4.87. The lowest BCUT2D eigenvalue weighted by molar-refractivity contribution is 0.415. The smallest absolute Gasteiger partial charge is 0.123 e. The van der Waals surface area contributed by atoms with Crippen LogP contribution < -0.4 is 9.64 Å². The molecular weight excluding hydrogens is 315 g/mol. The first-order valence-electron chi connectivity index (χ1n) is 8.74. The van der Waals surface area contributed by atoms with E-state index >= 15 is 0 Å². The summed E-state index contributed by atoms with van der Waals surface area (Å²) >= 11 is 0. The van der Waals surface area contributed by atoms with Crippen molar-refractivity contribution >= 4 is 16.6 Å². The summed E-state index contributed by atoms with van der Waals surface area (Å²) in [5.74, 6) is 0.600. The van der Waals surface area contributed by atoms with E-state index in [0.717, 1.165) is 40.9 Å². The van der Waals surface area contributed by atoms with Crippen molar-refractivity contribution in [2.24, 2.45) is 0 Å². The molecule has 0 unspecified atom stereocenters. The van der Waals surface area contributed by atoms with E-state index in [1.807, 2.05) is 30.5 Å². The quantitative estimate of drug-likeness (QED) is 0.670. The summed E-state index contributed by atoms with van der Waals surface area (Å²) in [7, 11) is 1.68. The van der Waals surface area contributed by atoms with Crippen molar-refractivity contribution in [3.05, 3.63) is 54.5 Å². The molecule has 2 aromatic carbocycles. The Morgan fingerprint density at radius 2 is 1.76 bits per heavy atom. The van der Waals surface area contributed by atoms with Crippen molar-refractivity contribution in [1.29, 1.82) is 0 Å². The van der Waals surface area contributed by atoms with Gasteiger partial charge in [0.1, 0.15) is 11.6 Å². The van der Waals surface area contributed by atoms with Crippen molar-refractivity contribution in [3.63, 3.8) is 0 Å². The second kappa shape index (κ2) is 6.71. The fourth-order valence-corrected chi connectivity index (χ4v) is 3.58. The number of fused-ring (bicyclic) bond motifs is 1.